The average molecular weight is 497 g/mol. The number of imidazole rings is 1. The number of nitrogens with one attached hydrogen (secondary N) is 3. The van der Waals surface area contributed by atoms with Gasteiger partial charge in [-0.05, 0) is 25.5 Å². The second-order valence-electron chi connectivity index (χ2n) is 7.76. The number of aliphatic hydroxyl groups is 1. The van der Waals surface area contributed by atoms with Crippen molar-refractivity contribution in [2.24, 2.45) is 0 Å². The maximum atomic E-state index is 10.9. The molecular weight excluding hydrogens is 476 g/mol. The normalized spacial score (nSPS) is 17.5. The molecule has 14 heteroatoms. The van der Waals surface area contributed by atoms with Crippen LogP contribution in [-0.4, -0.2) is 67.7 Å². The minimum Gasteiger partial charge on any atom is -0.465 e. The summed E-state index contributed by atoms with van der Waals surface area (Å²) < 4.78 is 1.35. The molecule has 3 heterocycles. The van der Waals surface area contributed by atoms with Crippen LogP contribution in [0, 0.1) is 22.7 Å². The fourth-order valence-corrected chi connectivity index (χ4v) is 4.17. The zero-order chi connectivity index (χ0) is 25.1. The number of carboxylic acid groups (broad SMARTS) is 1. The molecule has 5 N–H and O–H groups in total. The van der Waals surface area contributed by atoms with E-state index < -0.39 is 18.2 Å². The predicted octanol–water partition coefficient (Wildman–Crippen LogP) is 1.90. The minimum atomic E-state index is -1.20. The van der Waals surface area contributed by atoms with Gasteiger partial charge in [-0.2, -0.15) is 20.0 Å². The number of aliphatic hydroxyl groups excluding tert-OH is 1. The molecule has 2 atom stereocenters. The minimum absolute atomic E-state index is 0.118. The number of benzene rings is 1. The first-order chi connectivity index (χ1) is 16.8. The van der Waals surface area contributed by atoms with Crippen molar-refractivity contribution in [1.29, 1.82) is 10.5 Å². The fourth-order valence-electron chi connectivity index (χ4n) is 3.89. The Hall–Kier alpha value is -4.33. The summed E-state index contributed by atoms with van der Waals surface area (Å²) in [6.07, 6.45) is -0.418. The van der Waals surface area contributed by atoms with Crippen molar-refractivity contribution in [3.8, 4) is 12.1 Å². The van der Waals surface area contributed by atoms with E-state index in [2.05, 4.69) is 37.1 Å². The average Bonchev–Trinajstić information content (AvgIpc) is 3.25. The first-order valence-corrected chi connectivity index (χ1v) is 11.0. The first kappa shape index (κ1) is 23.8. The number of fused-ring (bicyclic) bond motifs is 1. The zero-order valence-corrected chi connectivity index (χ0v) is 19.3. The van der Waals surface area contributed by atoms with Crippen molar-refractivity contribution in [3.63, 3.8) is 0 Å². The highest BCUT2D eigenvalue weighted by Gasteiger charge is 2.30. The number of aromatic nitrogens is 4. The lowest BCUT2D eigenvalue weighted by atomic mass is 10.0. The van der Waals surface area contributed by atoms with Crippen LogP contribution >= 0.6 is 11.6 Å². The smallest absolute Gasteiger partial charge is 0.404 e. The lowest BCUT2D eigenvalue weighted by Crippen LogP contribution is -2.54. The predicted molar refractivity (Wildman–Crippen MR) is 127 cm³/mol. The number of hydrogen-bond acceptors (Lipinski definition) is 10. The van der Waals surface area contributed by atoms with Gasteiger partial charge < -0.3 is 31.1 Å². The van der Waals surface area contributed by atoms with Gasteiger partial charge in [-0.3, -0.25) is 0 Å². The number of halogens is 1. The van der Waals surface area contributed by atoms with Gasteiger partial charge in [0.15, 0.2) is 17.2 Å². The van der Waals surface area contributed by atoms with Gasteiger partial charge in [0.2, 0.25) is 5.95 Å². The van der Waals surface area contributed by atoms with E-state index in [0.717, 1.165) is 0 Å². The molecule has 3 aromatic rings. The van der Waals surface area contributed by atoms with Gasteiger partial charge in [0.25, 0.3) is 0 Å². The van der Waals surface area contributed by atoms with Gasteiger partial charge in [0.1, 0.15) is 6.07 Å². The number of amides is 1. The van der Waals surface area contributed by atoms with Gasteiger partial charge in [-0.1, -0.05) is 11.6 Å². The Morgan fingerprint density at radius 1 is 1.34 bits per heavy atom. The Morgan fingerprint density at radius 3 is 2.80 bits per heavy atom. The van der Waals surface area contributed by atoms with Crippen LogP contribution in [0.3, 0.4) is 0 Å². The molecular formula is C21H21ClN10O3. The van der Waals surface area contributed by atoms with Crippen LogP contribution < -0.4 is 20.9 Å². The van der Waals surface area contributed by atoms with Gasteiger partial charge in [-0.25, -0.2) is 9.78 Å². The molecule has 0 aliphatic carbocycles. The summed E-state index contributed by atoms with van der Waals surface area (Å²) >= 11 is 6.70. The Morgan fingerprint density at radius 2 is 2.14 bits per heavy atom. The molecule has 1 aliphatic heterocycles. The van der Waals surface area contributed by atoms with Crippen molar-refractivity contribution in [2.75, 3.05) is 35.2 Å². The molecule has 0 radical (unpaired) electrons. The molecule has 1 fully saturated rings. The molecule has 0 bridgehead atoms. The molecule has 1 amide bonds. The standard InChI is InChI=1S/C21H21ClN10O3/c1-2-25-18-19-26-9-12(8-24)32(19)30-20(29-18)27-14-5-11(7-23)6-15(17(14)22)31-4-3-13(16(33)10-31)28-21(34)35/h5-6,9,13,16,28,33H,2-4,10H2,1H3,(H,34,35)(H2,25,27,29,30)/t13-,16+/m0/s1. The van der Waals surface area contributed by atoms with Gasteiger partial charge in [-0.15, -0.1) is 5.10 Å². The summed E-state index contributed by atoms with van der Waals surface area (Å²) in [6.45, 7) is 2.98. The number of carbonyl (C=O) groups is 1. The third-order valence-corrected chi connectivity index (χ3v) is 5.88. The van der Waals surface area contributed by atoms with E-state index >= 15 is 0 Å². The van der Waals surface area contributed by atoms with Gasteiger partial charge in [0.05, 0.1) is 46.4 Å². The van der Waals surface area contributed by atoms with Crippen LogP contribution in [-0.2, 0) is 0 Å². The van der Waals surface area contributed by atoms with Gasteiger partial charge in [0, 0.05) is 19.6 Å². The van der Waals surface area contributed by atoms with Crippen LogP contribution in [0.5, 0.6) is 0 Å². The highest BCUT2D eigenvalue weighted by Crippen LogP contribution is 2.37. The van der Waals surface area contributed by atoms with E-state index in [0.29, 0.717) is 47.9 Å². The Labute approximate surface area is 204 Å². The summed E-state index contributed by atoms with van der Waals surface area (Å²) in [6, 6.07) is 6.66. The highest BCUT2D eigenvalue weighted by molar-refractivity contribution is 6.36. The van der Waals surface area contributed by atoms with Crippen molar-refractivity contribution in [3.05, 3.63) is 34.6 Å². The fraction of sp³-hybridized carbons (Fsp3) is 0.333. The number of rotatable bonds is 6. The van der Waals surface area contributed by atoms with E-state index in [1.807, 2.05) is 13.0 Å². The monoisotopic (exact) mass is 496 g/mol. The molecule has 1 saturated heterocycles. The third kappa shape index (κ3) is 4.82. The Balaban J connectivity index is 1.69. The molecule has 0 spiro atoms. The Bertz CT molecular complexity index is 1360. The number of hydrogen-bond donors (Lipinski definition) is 5. The maximum absolute atomic E-state index is 10.9. The summed E-state index contributed by atoms with van der Waals surface area (Å²) in [5.41, 5.74) is 1.75. The van der Waals surface area contributed by atoms with Gasteiger partial charge >= 0.3 is 6.09 Å². The first-order valence-electron chi connectivity index (χ1n) is 10.7. The van der Waals surface area contributed by atoms with Crippen LogP contribution in [0.15, 0.2) is 18.3 Å². The summed E-state index contributed by atoms with van der Waals surface area (Å²) in [5.74, 6) is 0.533. The Kier molecular flexibility index (Phi) is 6.73. The van der Waals surface area contributed by atoms with Crippen molar-refractivity contribution >= 4 is 46.5 Å². The molecule has 13 nitrogen and oxygen atoms in total. The molecule has 35 heavy (non-hydrogen) atoms. The van der Waals surface area contributed by atoms with E-state index in [-0.39, 0.29) is 23.2 Å². The summed E-state index contributed by atoms with van der Waals surface area (Å²) in [5, 5.41) is 51.4. The van der Waals surface area contributed by atoms with E-state index in [1.54, 1.807) is 17.0 Å². The molecule has 180 valence electrons. The SMILES string of the molecule is CCNc1nc(Nc2cc(C#N)cc(N3CC[C@H](NC(=O)O)[C@H](O)C3)c2Cl)nn2c(C#N)cnc12. The van der Waals surface area contributed by atoms with Crippen molar-refractivity contribution in [1.82, 2.24) is 24.9 Å². The largest absolute Gasteiger partial charge is 0.465 e. The number of β-amino-alcohol motifs (C(OH)–C–C–N with tert-alkyl or cyclic N) is 1. The van der Waals surface area contributed by atoms with E-state index in [1.165, 1.54) is 10.7 Å². The van der Waals surface area contributed by atoms with Crippen LogP contribution in [0.4, 0.5) is 27.9 Å². The van der Waals surface area contributed by atoms with Crippen molar-refractivity contribution < 1.29 is 15.0 Å². The summed E-state index contributed by atoms with van der Waals surface area (Å²) in [4.78, 5) is 21.4. The van der Waals surface area contributed by atoms with Crippen molar-refractivity contribution in [2.45, 2.75) is 25.5 Å². The molecule has 1 aliphatic rings. The second-order valence-corrected chi connectivity index (χ2v) is 8.13. The van der Waals surface area contributed by atoms with Crippen LogP contribution in [0.25, 0.3) is 5.65 Å². The number of nitrogens with zero attached hydrogens (tertiary/aromatic N) is 7. The lowest BCUT2D eigenvalue weighted by molar-refractivity contribution is 0.108. The van der Waals surface area contributed by atoms with E-state index in [4.69, 9.17) is 16.7 Å². The van der Waals surface area contributed by atoms with Crippen LogP contribution in [0.1, 0.15) is 24.6 Å². The second kappa shape index (κ2) is 9.89. The highest BCUT2D eigenvalue weighted by atomic mass is 35.5. The molecule has 4 rings (SSSR count). The quantitative estimate of drug-likeness (QED) is 0.335. The maximum Gasteiger partial charge on any atom is 0.404 e. The number of nitriles is 2. The van der Waals surface area contributed by atoms with E-state index in [9.17, 15) is 20.4 Å². The zero-order valence-electron chi connectivity index (χ0n) is 18.5. The molecule has 0 unspecified atom stereocenters. The lowest BCUT2D eigenvalue weighted by Gasteiger charge is -2.37. The summed E-state index contributed by atoms with van der Waals surface area (Å²) in [7, 11) is 0. The molecule has 0 saturated carbocycles. The molecule has 2 aromatic heterocycles. The van der Waals surface area contributed by atoms with Crippen LogP contribution in [0.2, 0.25) is 5.02 Å². The molecule has 1 aromatic carbocycles. The number of piperidine rings is 1. The number of anilines is 4. The topological polar surface area (TPSA) is 188 Å². The third-order valence-electron chi connectivity index (χ3n) is 5.48.